The predicted molar refractivity (Wildman–Crippen MR) is 144 cm³/mol. The van der Waals surface area contributed by atoms with Gasteiger partial charge in [-0.05, 0) is 78.6 Å². The summed E-state index contributed by atoms with van der Waals surface area (Å²) < 4.78 is 13.1. The Labute approximate surface area is 216 Å². The number of nitrogens with zero attached hydrogens (tertiary/aromatic N) is 2. The molecule has 0 aliphatic carbocycles. The van der Waals surface area contributed by atoms with Crippen LogP contribution in [0.1, 0.15) is 27.8 Å². The van der Waals surface area contributed by atoms with Gasteiger partial charge in [-0.2, -0.15) is 5.10 Å². The molecular formula is C31H28N2O4. The third kappa shape index (κ3) is 7.36. The quantitative estimate of drug-likeness (QED) is 0.311. The number of aromatic nitrogens is 2. The van der Waals surface area contributed by atoms with Gasteiger partial charge in [0.05, 0.1) is 0 Å². The van der Waals surface area contributed by atoms with E-state index in [0.717, 1.165) is 27.8 Å². The second-order valence-corrected chi connectivity index (χ2v) is 8.49. The van der Waals surface area contributed by atoms with E-state index in [4.69, 9.17) is 14.6 Å². The van der Waals surface area contributed by atoms with Crippen molar-refractivity contribution in [2.45, 2.75) is 20.4 Å². The van der Waals surface area contributed by atoms with Gasteiger partial charge in [-0.1, -0.05) is 53.8 Å². The fourth-order valence-electron chi connectivity index (χ4n) is 3.72. The first-order valence-electron chi connectivity index (χ1n) is 11.9. The summed E-state index contributed by atoms with van der Waals surface area (Å²) in [5, 5.41) is 13.0. The van der Waals surface area contributed by atoms with Gasteiger partial charge >= 0.3 is 5.97 Å². The van der Waals surface area contributed by atoms with Crippen LogP contribution in [-0.2, 0) is 11.3 Å². The lowest BCUT2D eigenvalue weighted by Crippen LogP contribution is -2.10. The largest absolute Gasteiger partial charge is 0.489 e. The van der Waals surface area contributed by atoms with Gasteiger partial charge in [0.25, 0.3) is 0 Å². The van der Waals surface area contributed by atoms with Gasteiger partial charge < -0.3 is 14.6 Å². The summed E-state index contributed by atoms with van der Waals surface area (Å²) in [5.74, 6) is 6.53. The maximum absolute atomic E-state index is 10.8. The van der Waals surface area contributed by atoms with Gasteiger partial charge in [0.15, 0.2) is 6.61 Å². The van der Waals surface area contributed by atoms with E-state index in [0.29, 0.717) is 24.7 Å². The average Bonchev–Trinajstić information content (AvgIpc) is 3.41. The Hall–Kier alpha value is -4.76. The van der Waals surface area contributed by atoms with E-state index in [1.54, 1.807) is 23.0 Å². The number of benzene rings is 3. The number of hydrogen-bond acceptors (Lipinski definition) is 4. The van der Waals surface area contributed by atoms with E-state index in [9.17, 15) is 4.79 Å². The van der Waals surface area contributed by atoms with Gasteiger partial charge in [0.2, 0.25) is 0 Å². The molecule has 4 rings (SSSR count). The molecular weight excluding hydrogens is 464 g/mol. The zero-order valence-corrected chi connectivity index (χ0v) is 20.8. The lowest BCUT2D eigenvalue weighted by Gasteiger charge is -2.12. The second-order valence-electron chi connectivity index (χ2n) is 8.49. The molecule has 0 aliphatic rings. The van der Waals surface area contributed by atoms with Crippen molar-refractivity contribution < 1.29 is 19.4 Å². The molecule has 186 valence electrons. The smallest absolute Gasteiger partial charge is 0.341 e. The highest BCUT2D eigenvalue weighted by atomic mass is 16.5. The minimum atomic E-state index is -1.01. The normalized spacial score (nSPS) is 10.9. The van der Waals surface area contributed by atoms with Crippen LogP contribution < -0.4 is 9.47 Å². The zero-order valence-electron chi connectivity index (χ0n) is 20.8. The zero-order chi connectivity index (χ0) is 26.0. The van der Waals surface area contributed by atoms with Gasteiger partial charge in [0, 0.05) is 18.0 Å². The fraction of sp³-hybridized carbons (Fsp3) is 0.161. The van der Waals surface area contributed by atoms with Crippen molar-refractivity contribution in [1.82, 2.24) is 9.78 Å². The maximum atomic E-state index is 10.8. The molecule has 0 saturated carbocycles. The molecule has 0 bridgehead atoms. The minimum Gasteiger partial charge on any atom is -0.489 e. The van der Waals surface area contributed by atoms with Crippen LogP contribution in [-0.4, -0.2) is 34.1 Å². The number of aryl methyl sites for hydroxylation is 2. The highest BCUT2D eigenvalue weighted by Crippen LogP contribution is 2.26. The van der Waals surface area contributed by atoms with Crippen LogP contribution in [0.3, 0.4) is 0 Å². The highest BCUT2D eigenvalue weighted by molar-refractivity contribution is 5.80. The standard InChI is InChI=1S/C31H28N2O4/c1-23-6-10-26(11-7-23)29(16-20-36-28-14-15-30(24(2)21-28)37-22-31(34)35)27-12-8-25(9-13-27)5-3-18-33-19-4-17-32-33/h4,6-17,19,21H,18,20,22H2,1-2H3,(H,34,35)/b29-16-. The molecule has 0 unspecified atom stereocenters. The number of carboxylic acid groups (broad SMARTS) is 1. The first kappa shape index (κ1) is 25.3. The van der Waals surface area contributed by atoms with Crippen LogP contribution in [0.25, 0.3) is 5.57 Å². The number of hydrogen-bond donors (Lipinski definition) is 1. The summed E-state index contributed by atoms with van der Waals surface area (Å²) >= 11 is 0. The van der Waals surface area contributed by atoms with Gasteiger partial charge in [0.1, 0.15) is 24.7 Å². The predicted octanol–water partition coefficient (Wildman–Crippen LogP) is 5.53. The van der Waals surface area contributed by atoms with Crippen LogP contribution in [0.2, 0.25) is 0 Å². The Bertz CT molecular complexity index is 1430. The number of carbonyl (C=O) groups is 1. The summed E-state index contributed by atoms with van der Waals surface area (Å²) in [4.78, 5) is 10.8. The number of aliphatic carboxylic acids is 1. The first-order valence-corrected chi connectivity index (χ1v) is 11.9. The number of ether oxygens (including phenoxy) is 2. The Morgan fingerprint density at radius 2 is 1.73 bits per heavy atom. The van der Waals surface area contributed by atoms with E-state index < -0.39 is 5.97 Å². The molecule has 0 atom stereocenters. The van der Waals surface area contributed by atoms with Crippen molar-refractivity contribution in [3.63, 3.8) is 0 Å². The van der Waals surface area contributed by atoms with Crippen molar-refractivity contribution in [2.75, 3.05) is 13.2 Å². The maximum Gasteiger partial charge on any atom is 0.341 e. The summed E-state index contributed by atoms with van der Waals surface area (Å²) in [6.45, 7) is 4.46. The fourth-order valence-corrected chi connectivity index (χ4v) is 3.72. The van der Waals surface area contributed by atoms with E-state index in [1.165, 1.54) is 5.56 Å². The third-order valence-electron chi connectivity index (χ3n) is 5.63. The molecule has 37 heavy (non-hydrogen) atoms. The summed E-state index contributed by atoms with van der Waals surface area (Å²) in [7, 11) is 0. The summed E-state index contributed by atoms with van der Waals surface area (Å²) in [5.41, 5.74) is 6.18. The van der Waals surface area contributed by atoms with Crippen LogP contribution in [0, 0.1) is 25.7 Å². The minimum absolute atomic E-state index is 0.364. The lowest BCUT2D eigenvalue weighted by molar-refractivity contribution is -0.139. The monoisotopic (exact) mass is 492 g/mol. The topological polar surface area (TPSA) is 73.6 Å². The van der Waals surface area contributed by atoms with Crippen molar-refractivity contribution in [3.05, 3.63) is 119 Å². The molecule has 1 N–H and O–H groups in total. The van der Waals surface area contributed by atoms with Crippen molar-refractivity contribution >= 4 is 11.5 Å². The molecule has 6 heteroatoms. The Morgan fingerprint density at radius 1 is 1.00 bits per heavy atom. The van der Waals surface area contributed by atoms with Crippen molar-refractivity contribution in [3.8, 4) is 23.3 Å². The van der Waals surface area contributed by atoms with Gasteiger partial charge in [-0.15, -0.1) is 0 Å². The van der Waals surface area contributed by atoms with E-state index in [-0.39, 0.29) is 6.61 Å². The van der Waals surface area contributed by atoms with Gasteiger partial charge in [-0.25, -0.2) is 4.79 Å². The summed E-state index contributed by atoms with van der Waals surface area (Å²) in [6, 6.07) is 23.8. The molecule has 0 aliphatic heterocycles. The average molecular weight is 493 g/mol. The Kier molecular flexibility index (Phi) is 8.41. The Balaban J connectivity index is 1.49. The number of rotatable bonds is 9. The SMILES string of the molecule is Cc1ccc(/C(=C/COc2ccc(OCC(=O)O)c(C)c2)c2ccc(C#CCn3cccn3)cc2)cc1. The molecule has 6 nitrogen and oxygen atoms in total. The molecule has 0 amide bonds. The van der Waals surface area contributed by atoms with Crippen molar-refractivity contribution in [1.29, 1.82) is 0 Å². The van der Waals surface area contributed by atoms with Crippen molar-refractivity contribution in [2.24, 2.45) is 0 Å². The van der Waals surface area contributed by atoms with E-state index in [1.807, 2.05) is 37.4 Å². The molecule has 1 aromatic heterocycles. The van der Waals surface area contributed by atoms with Crippen LogP contribution in [0.4, 0.5) is 0 Å². The third-order valence-corrected chi connectivity index (χ3v) is 5.63. The van der Waals surface area contributed by atoms with E-state index in [2.05, 4.69) is 66.3 Å². The lowest BCUT2D eigenvalue weighted by atomic mass is 9.96. The molecule has 0 fully saturated rings. The molecule has 1 heterocycles. The van der Waals surface area contributed by atoms with E-state index >= 15 is 0 Å². The molecule has 3 aromatic carbocycles. The first-order chi connectivity index (χ1) is 18.0. The molecule has 4 aromatic rings. The summed E-state index contributed by atoms with van der Waals surface area (Å²) in [6.07, 6.45) is 5.70. The van der Waals surface area contributed by atoms with Crippen LogP contribution >= 0.6 is 0 Å². The molecule has 0 radical (unpaired) electrons. The highest BCUT2D eigenvalue weighted by Gasteiger charge is 2.07. The molecule has 0 spiro atoms. The van der Waals surface area contributed by atoms with Gasteiger partial charge in [-0.3, -0.25) is 4.68 Å². The number of carboxylic acids is 1. The van der Waals surface area contributed by atoms with Crippen LogP contribution in [0.5, 0.6) is 11.5 Å². The molecule has 0 saturated heterocycles. The van der Waals surface area contributed by atoms with Crippen LogP contribution in [0.15, 0.2) is 91.3 Å². The Morgan fingerprint density at radius 3 is 2.38 bits per heavy atom. The second kappa shape index (κ2) is 12.3.